The highest BCUT2D eigenvalue weighted by atomic mass is 32.1. The number of carbonyl (C=O) groups excluding carboxylic acids is 1. The normalized spacial score (nSPS) is 18.5. The lowest BCUT2D eigenvalue weighted by atomic mass is 9.93. The van der Waals surface area contributed by atoms with Crippen LogP contribution in [0.1, 0.15) is 40.5 Å². The fourth-order valence-electron chi connectivity index (χ4n) is 3.28. The van der Waals surface area contributed by atoms with Crippen molar-refractivity contribution in [3.05, 3.63) is 39.9 Å². The van der Waals surface area contributed by atoms with Crippen LogP contribution >= 0.6 is 11.3 Å². The monoisotopic (exact) mass is 345 g/mol. The number of piperidine rings is 1. The molecule has 1 fully saturated rings. The van der Waals surface area contributed by atoms with Crippen molar-refractivity contribution in [1.82, 2.24) is 25.2 Å². The van der Waals surface area contributed by atoms with Crippen LogP contribution < -0.4 is 5.32 Å². The first-order valence-electron chi connectivity index (χ1n) is 8.30. The van der Waals surface area contributed by atoms with Crippen molar-refractivity contribution >= 4 is 17.2 Å². The summed E-state index contributed by atoms with van der Waals surface area (Å²) in [6.07, 6.45) is 3.29. The minimum absolute atomic E-state index is 0.157. The highest BCUT2D eigenvalue weighted by molar-refractivity contribution is 7.07. The number of aryl methyl sites for hydroxylation is 1. The maximum absolute atomic E-state index is 11.8. The van der Waals surface area contributed by atoms with Crippen molar-refractivity contribution < 1.29 is 4.79 Å². The molecule has 0 bridgehead atoms. The number of thiazole rings is 1. The van der Waals surface area contributed by atoms with Crippen LogP contribution in [0.15, 0.2) is 17.0 Å². The minimum atomic E-state index is -0.157. The van der Waals surface area contributed by atoms with Crippen molar-refractivity contribution in [2.75, 3.05) is 20.1 Å². The molecule has 3 rings (SSSR count). The number of amides is 1. The zero-order valence-electron chi connectivity index (χ0n) is 14.2. The summed E-state index contributed by atoms with van der Waals surface area (Å²) in [7, 11) is 1.62. The Morgan fingerprint density at radius 3 is 3.04 bits per heavy atom. The van der Waals surface area contributed by atoms with Gasteiger partial charge in [-0.15, -0.1) is 11.3 Å². The van der Waals surface area contributed by atoms with Gasteiger partial charge in [0.1, 0.15) is 11.5 Å². The standard InChI is InChI=1S/C17H23N5OS/c1-12-20-14(7-16(21-12)17(23)18-2)6-13-4-3-5-22(8-13)9-15-10-24-11-19-15/h7,10-11,13H,3-6,8-9H2,1-2H3,(H,18,23)/t13-/m0/s1. The molecule has 2 aromatic rings. The molecule has 2 aromatic heterocycles. The van der Waals surface area contributed by atoms with Gasteiger partial charge in [0.25, 0.3) is 5.91 Å². The van der Waals surface area contributed by atoms with Crippen molar-refractivity contribution in [3.63, 3.8) is 0 Å². The molecule has 0 unspecified atom stereocenters. The van der Waals surface area contributed by atoms with E-state index in [1.54, 1.807) is 18.4 Å². The van der Waals surface area contributed by atoms with Crippen LogP contribution in [0.4, 0.5) is 0 Å². The predicted octanol–water partition coefficient (Wildman–Crippen LogP) is 2.06. The van der Waals surface area contributed by atoms with Gasteiger partial charge in [-0.25, -0.2) is 15.0 Å². The van der Waals surface area contributed by atoms with Crippen molar-refractivity contribution in [2.45, 2.75) is 32.7 Å². The maximum atomic E-state index is 11.8. The second kappa shape index (κ2) is 7.81. The molecule has 24 heavy (non-hydrogen) atoms. The predicted molar refractivity (Wildman–Crippen MR) is 94.0 cm³/mol. The molecule has 1 aliphatic rings. The Balaban J connectivity index is 1.64. The molecule has 7 heteroatoms. The van der Waals surface area contributed by atoms with Gasteiger partial charge in [-0.05, 0) is 44.7 Å². The molecule has 1 saturated heterocycles. The minimum Gasteiger partial charge on any atom is -0.354 e. The summed E-state index contributed by atoms with van der Waals surface area (Å²) in [4.78, 5) is 27.4. The maximum Gasteiger partial charge on any atom is 0.269 e. The molecule has 1 amide bonds. The molecule has 0 saturated carbocycles. The van der Waals surface area contributed by atoms with Gasteiger partial charge < -0.3 is 5.32 Å². The fraction of sp³-hybridized carbons (Fsp3) is 0.529. The van der Waals surface area contributed by atoms with Gasteiger partial charge in [0.15, 0.2) is 0 Å². The van der Waals surface area contributed by atoms with E-state index in [0.29, 0.717) is 17.4 Å². The van der Waals surface area contributed by atoms with Gasteiger partial charge in [-0.2, -0.15) is 0 Å². The lowest BCUT2D eigenvalue weighted by Gasteiger charge is -2.32. The third-order valence-electron chi connectivity index (χ3n) is 4.32. The zero-order chi connectivity index (χ0) is 16.9. The first-order chi connectivity index (χ1) is 11.6. The molecule has 1 N–H and O–H groups in total. The smallest absolute Gasteiger partial charge is 0.269 e. The van der Waals surface area contributed by atoms with Crippen LogP contribution in [0.5, 0.6) is 0 Å². The second-order valence-corrected chi connectivity index (χ2v) is 7.02. The van der Waals surface area contributed by atoms with Gasteiger partial charge in [0.2, 0.25) is 0 Å². The van der Waals surface area contributed by atoms with E-state index in [2.05, 4.69) is 30.5 Å². The van der Waals surface area contributed by atoms with E-state index in [-0.39, 0.29) is 5.91 Å². The number of hydrogen-bond donors (Lipinski definition) is 1. The topological polar surface area (TPSA) is 71.0 Å². The van der Waals surface area contributed by atoms with E-state index in [1.165, 1.54) is 12.8 Å². The molecule has 1 aliphatic heterocycles. The summed E-state index contributed by atoms with van der Waals surface area (Å²) in [6, 6.07) is 1.82. The summed E-state index contributed by atoms with van der Waals surface area (Å²) in [5.41, 5.74) is 4.46. The third-order valence-corrected chi connectivity index (χ3v) is 4.96. The molecule has 0 radical (unpaired) electrons. The van der Waals surface area contributed by atoms with Crippen LogP contribution in [0.25, 0.3) is 0 Å². The number of carbonyl (C=O) groups is 1. The number of rotatable bonds is 5. The number of likely N-dealkylation sites (tertiary alicyclic amines) is 1. The Hall–Kier alpha value is -1.86. The van der Waals surface area contributed by atoms with E-state index in [4.69, 9.17) is 0 Å². The molecular formula is C17H23N5OS. The zero-order valence-corrected chi connectivity index (χ0v) is 15.0. The van der Waals surface area contributed by atoms with Gasteiger partial charge in [0.05, 0.1) is 11.2 Å². The van der Waals surface area contributed by atoms with Gasteiger partial charge >= 0.3 is 0 Å². The van der Waals surface area contributed by atoms with E-state index >= 15 is 0 Å². The van der Waals surface area contributed by atoms with Crippen molar-refractivity contribution in [3.8, 4) is 0 Å². The SMILES string of the molecule is CNC(=O)c1cc(C[C@@H]2CCCN(Cc3cscn3)C2)nc(C)n1. The molecule has 0 aromatic carbocycles. The van der Waals surface area contributed by atoms with E-state index in [0.717, 1.165) is 37.4 Å². The Labute approximate surface area is 146 Å². The van der Waals surface area contributed by atoms with E-state index in [9.17, 15) is 4.79 Å². The largest absolute Gasteiger partial charge is 0.354 e. The number of nitrogens with zero attached hydrogens (tertiary/aromatic N) is 4. The first-order valence-corrected chi connectivity index (χ1v) is 9.24. The summed E-state index contributed by atoms with van der Waals surface area (Å²) < 4.78 is 0. The molecule has 6 nitrogen and oxygen atoms in total. The number of aromatic nitrogens is 3. The lowest BCUT2D eigenvalue weighted by Crippen LogP contribution is -2.36. The molecule has 0 spiro atoms. The quantitative estimate of drug-likeness (QED) is 0.898. The summed E-state index contributed by atoms with van der Waals surface area (Å²) >= 11 is 1.65. The Kier molecular flexibility index (Phi) is 5.52. The van der Waals surface area contributed by atoms with Crippen molar-refractivity contribution in [2.24, 2.45) is 5.92 Å². The molecule has 0 aliphatic carbocycles. The van der Waals surface area contributed by atoms with Gasteiger partial charge in [0, 0.05) is 31.2 Å². The highest BCUT2D eigenvalue weighted by Crippen LogP contribution is 2.22. The molecule has 1 atom stereocenters. The summed E-state index contributed by atoms with van der Waals surface area (Å²) in [5, 5.41) is 4.75. The first kappa shape index (κ1) is 17.0. The summed E-state index contributed by atoms with van der Waals surface area (Å²) in [6.45, 7) is 4.94. The van der Waals surface area contributed by atoms with Crippen LogP contribution in [-0.2, 0) is 13.0 Å². The Morgan fingerprint density at radius 2 is 2.29 bits per heavy atom. The number of hydrogen-bond acceptors (Lipinski definition) is 6. The van der Waals surface area contributed by atoms with Gasteiger partial charge in [-0.3, -0.25) is 9.69 Å². The average molecular weight is 345 g/mol. The Morgan fingerprint density at radius 1 is 1.42 bits per heavy atom. The second-order valence-electron chi connectivity index (χ2n) is 6.30. The van der Waals surface area contributed by atoms with E-state index < -0.39 is 0 Å². The van der Waals surface area contributed by atoms with Gasteiger partial charge in [-0.1, -0.05) is 0 Å². The molecule has 3 heterocycles. The molecule has 128 valence electrons. The Bertz CT molecular complexity index is 688. The van der Waals surface area contributed by atoms with Crippen LogP contribution in [0.3, 0.4) is 0 Å². The number of nitrogens with one attached hydrogen (secondary N) is 1. The highest BCUT2D eigenvalue weighted by Gasteiger charge is 2.22. The van der Waals surface area contributed by atoms with Crippen LogP contribution in [0.2, 0.25) is 0 Å². The summed E-state index contributed by atoms with van der Waals surface area (Å²) in [5.74, 6) is 1.06. The van der Waals surface area contributed by atoms with Crippen LogP contribution in [0, 0.1) is 12.8 Å². The fourth-order valence-corrected chi connectivity index (χ4v) is 3.83. The lowest BCUT2D eigenvalue weighted by molar-refractivity contribution is 0.0957. The van der Waals surface area contributed by atoms with E-state index in [1.807, 2.05) is 18.5 Å². The molecular weight excluding hydrogens is 322 g/mol. The van der Waals surface area contributed by atoms with Crippen molar-refractivity contribution in [1.29, 1.82) is 0 Å². The van der Waals surface area contributed by atoms with Crippen LogP contribution in [-0.4, -0.2) is 45.9 Å². The third kappa shape index (κ3) is 4.36. The average Bonchev–Trinajstić information content (AvgIpc) is 3.07.